The Morgan fingerprint density at radius 1 is 1.29 bits per heavy atom. The number of hydrogen-bond acceptors (Lipinski definition) is 4. The van der Waals surface area contributed by atoms with Gasteiger partial charge >= 0.3 is 5.97 Å². The first-order valence-electron chi connectivity index (χ1n) is 8.06. The predicted octanol–water partition coefficient (Wildman–Crippen LogP) is 1.50. The van der Waals surface area contributed by atoms with Crippen LogP contribution in [-0.2, 0) is 4.79 Å². The van der Waals surface area contributed by atoms with E-state index in [1.807, 2.05) is 13.8 Å². The molecule has 1 aromatic rings. The smallest absolute Gasteiger partial charge is 0.354 e. The molecule has 0 spiro atoms. The summed E-state index contributed by atoms with van der Waals surface area (Å²) in [5.74, 6) is -1.32. The summed E-state index contributed by atoms with van der Waals surface area (Å²) < 4.78 is 0. The number of hydrogen-bond donors (Lipinski definition) is 1. The molecule has 24 heavy (non-hydrogen) atoms. The number of nitrogens with zero attached hydrogens (tertiary/aromatic N) is 3. The van der Waals surface area contributed by atoms with Gasteiger partial charge in [-0.1, -0.05) is 0 Å². The summed E-state index contributed by atoms with van der Waals surface area (Å²) in [6.45, 7) is 4.93. The molecule has 130 valence electrons. The predicted molar refractivity (Wildman–Crippen MR) is 87.7 cm³/mol. The average Bonchev–Trinajstić information content (AvgIpc) is 2.60. The van der Waals surface area contributed by atoms with Crippen LogP contribution in [0, 0.1) is 5.92 Å². The second kappa shape index (κ2) is 7.42. The highest BCUT2D eigenvalue weighted by Gasteiger charge is 2.30. The Morgan fingerprint density at radius 3 is 2.46 bits per heavy atom. The van der Waals surface area contributed by atoms with Crippen LogP contribution in [0.2, 0.25) is 0 Å². The Morgan fingerprint density at radius 2 is 1.92 bits per heavy atom. The maximum Gasteiger partial charge on any atom is 0.354 e. The molecule has 7 heteroatoms. The Kier molecular flexibility index (Phi) is 5.54. The molecule has 1 N–H and O–H groups in total. The van der Waals surface area contributed by atoms with Crippen LogP contribution in [-0.4, -0.2) is 63.9 Å². The summed E-state index contributed by atoms with van der Waals surface area (Å²) in [5.41, 5.74) is 0.163. The molecule has 0 aromatic carbocycles. The molecule has 1 saturated heterocycles. The molecule has 1 aromatic heterocycles. The van der Waals surface area contributed by atoms with Crippen LogP contribution in [0.15, 0.2) is 18.3 Å². The number of amides is 2. The molecule has 0 radical (unpaired) electrons. The molecule has 0 saturated carbocycles. The number of aromatic carboxylic acids is 1. The monoisotopic (exact) mass is 333 g/mol. The number of rotatable bonds is 4. The fraction of sp³-hybridized carbons (Fsp3) is 0.529. The van der Waals surface area contributed by atoms with Crippen molar-refractivity contribution in [3.05, 3.63) is 29.6 Å². The third-order valence-corrected chi connectivity index (χ3v) is 4.48. The van der Waals surface area contributed by atoms with Gasteiger partial charge in [-0.3, -0.25) is 9.59 Å². The van der Waals surface area contributed by atoms with Crippen molar-refractivity contribution in [1.29, 1.82) is 0 Å². The molecule has 0 unspecified atom stereocenters. The van der Waals surface area contributed by atoms with E-state index in [2.05, 4.69) is 4.98 Å². The second-order valence-electron chi connectivity index (χ2n) is 6.34. The van der Waals surface area contributed by atoms with Crippen molar-refractivity contribution in [2.24, 2.45) is 5.92 Å². The zero-order valence-corrected chi connectivity index (χ0v) is 14.2. The molecule has 1 fully saturated rings. The van der Waals surface area contributed by atoms with E-state index in [0.717, 1.165) is 0 Å². The highest BCUT2D eigenvalue weighted by Crippen LogP contribution is 2.21. The molecule has 7 nitrogen and oxygen atoms in total. The molecule has 1 aliphatic heterocycles. The van der Waals surface area contributed by atoms with Crippen molar-refractivity contribution in [3.63, 3.8) is 0 Å². The van der Waals surface area contributed by atoms with Gasteiger partial charge in [-0.05, 0) is 38.8 Å². The average molecular weight is 333 g/mol. The van der Waals surface area contributed by atoms with Crippen molar-refractivity contribution in [1.82, 2.24) is 14.8 Å². The van der Waals surface area contributed by atoms with Gasteiger partial charge in [0.25, 0.3) is 5.91 Å². The minimum atomic E-state index is -1.16. The van der Waals surface area contributed by atoms with Gasteiger partial charge in [-0.2, -0.15) is 0 Å². The Hall–Kier alpha value is -2.44. The zero-order valence-electron chi connectivity index (χ0n) is 14.2. The molecule has 0 atom stereocenters. The Bertz CT molecular complexity index is 636. The fourth-order valence-electron chi connectivity index (χ4n) is 2.74. The minimum Gasteiger partial charge on any atom is -0.477 e. The second-order valence-corrected chi connectivity index (χ2v) is 6.34. The minimum absolute atomic E-state index is 0.0616. The van der Waals surface area contributed by atoms with Crippen LogP contribution >= 0.6 is 0 Å². The van der Waals surface area contributed by atoms with Crippen LogP contribution in [0.4, 0.5) is 0 Å². The highest BCUT2D eigenvalue weighted by atomic mass is 16.4. The summed E-state index contributed by atoms with van der Waals surface area (Å²) in [6.07, 6.45) is 2.57. The van der Waals surface area contributed by atoms with Crippen LogP contribution in [0.3, 0.4) is 0 Å². The summed E-state index contributed by atoms with van der Waals surface area (Å²) >= 11 is 0. The van der Waals surface area contributed by atoms with E-state index in [9.17, 15) is 14.4 Å². The van der Waals surface area contributed by atoms with Crippen LogP contribution in [0.5, 0.6) is 0 Å². The van der Waals surface area contributed by atoms with Crippen molar-refractivity contribution in [2.75, 3.05) is 20.1 Å². The first-order valence-corrected chi connectivity index (χ1v) is 8.06. The molecular formula is C17H23N3O4. The van der Waals surface area contributed by atoms with E-state index in [4.69, 9.17) is 5.11 Å². The van der Waals surface area contributed by atoms with Gasteiger partial charge < -0.3 is 14.9 Å². The number of aromatic nitrogens is 1. The number of piperidine rings is 1. The molecule has 0 aliphatic carbocycles. The molecule has 2 amide bonds. The fourth-order valence-corrected chi connectivity index (χ4v) is 2.74. The topological polar surface area (TPSA) is 90.8 Å². The lowest BCUT2D eigenvalue weighted by Crippen LogP contribution is -2.45. The largest absolute Gasteiger partial charge is 0.477 e. The van der Waals surface area contributed by atoms with Gasteiger partial charge in [0, 0.05) is 43.9 Å². The quantitative estimate of drug-likeness (QED) is 0.901. The van der Waals surface area contributed by atoms with Crippen LogP contribution < -0.4 is 0 Å². The van der Waals surface area contributed by atoms with Crippen molar-refractivity contribution in [2.45, 2.75) is 32.7 Å². The first kappa shape index (κ1) is 17.9. The number of carboxylic acids is 1. The standard InChI is InChI=1S/C17H23N3O4/c1-11(2)19(3)15(21)12-5-8-20(9-6-12)16(22)13-4-7-18-14(10-13)17(23)24/h4,7,10-12H,5-6,8-9H2,1-3H3,(H,23,24). The zero-order chi connectivity index (χ0) is 17.9. The molecule has 0 bridgehead atoms. The number of pyridine rings is 1. The van der Waals surface area contributed by atoms with Crippen molar-refractivity contribution < 1.29 is 19.5 Å². The maximum absolute atomic E-state index is 12.5. The van der Waals surface area contributed by atoms with E-state index < -0.39 is 5.97 Å². The van der Waals surface area contributed by atoms with E-state index in [-0.39, 0.29) is 29.5 Å². The van der Waals surface area contributed by atoms with Gasteiger partial charge in [0.15, 0.2) is 0 Å². The Labute approximate surface area is 141 Å². The number of carboxylic acid groups (broad SMARTS) is 1. The van der Waals surface area contributed by atoms with E-state index >= 15 is 0 Å². The third-order valence-electron chi connectivity index (χ3n) is 4.48. The lowest BCUT2D eigenvalue weighted by atomic mass is 9.94. The van der Waals surface area contributed by atoms with Gasteiger partial charge in [-0.15, -0.1) is 0 Å². The van der Waals surface area contributed by atoms with Crippen molar-refractivity contribution in [3.8, 4) is 0 Å². The summed E-state index contributed by atoms with van der Waals surface area (Å²) in [5, 5.41) is 8.96. The summed E-state index contributed by atoms with van der Waals surface area (Å²) in [7, 11) is 1.80. The number of carbonyl (C=O) groups excluding carboxylic acids is 2. The number of likely N-dealkylation sites (tertiary alicyclic amines) is 1. The first-order chi connectivity index (χ1) is 11.3. The molecule has 2 rings (SSSR count). The van der Waals surface area contributed by atoms with Crippen molar-refractivity contribution >= 4 is 17.8 Å². The van der Waals surface area contributed by atoms with Gasteiger partial charge in [0.05, 0.1) is 0 Å². The van der Waals surface area contributed by atoms with E-state index in [0.29, 0.717) is 31.5 Å². The van der Waals surface area contributed by atoms with Gasteiger partial charge in [0.2, 0.25) is 5.91 Å². The van der Waals surface area contributed by atoms with E-state index in [1.165, 1.54) is 18.3 Å². The summed E-state index contributed by atoms with van der Waals surface area (Å²) in [4.78, 5) is 42.9. The Balaban J connectivity index is 1.99. The maximum atomic E-state index is 12.5. The number of carbonyl (C=O) groups is 3. The van der Waals surface area contributed by atoms with Crippen LogP contribution in [0.1, 0.15) is 47.5 Å². The SMILES string of the molecule is CC(C)N(C)C(=O)C1CCN(C(=O)c2ccnc(C(=O)O)c2)CC1. The van der Waals surface area contributed by atoms with Gasteiger partial charge in [-0.25, -0.2) is 9.78 Å². The van der Waals surface area contributed by atoms with E-state index in [1.54, 1.807) is 16.8 Å². The molecule has 1 aliphatic rings. The molecule has 2 heterocycles. The summed E-state index contributed by atoms with van der Waals surface area (Å²) in [6, 6.07) is 2.95. The normalized spacial score (nSPS) is 15.4. The third kappa shape index (κ3) is 3.90. The molecular weight excluding hydrogens is 310 g/mol. The highest BCUT2D eigenvalue weighted by molar-refractivity contribution is 5.96. The van der Waals surface area contributed by atoms with Gasteiger partial charge in [0.1, 0.15) is 5.69 Å². The van der Waals surface area contributed by atoms with Crippen LogP contribution in [0.25, 0.3) is 0 Å². The lowest BCUT2D eigenvalue weighted by Gasteiger charge is -2.34. The lowest BCUT2D eigenvalue weighted by molar-refractivity contribution is -0.137.